The molecular weight excluding hydrogens is 294 g/mol. The van der Waals surface area contributed by atoms with Crippen molar-refractivity contribution < 1.29 is 9.53 Å². The molecule has 124 valence electrons. The summed E-state index contributed by atoms with van der Waals surface area (Å²) in [6.45, 7) is 6.78. The zero-order valence-corrected chi connectivity index (χ0v) is 14.0. The van der Waals surface area contributed by atoms with E-state index in [4.69, 9.17) is 4.74 Å². The summed E-state index contributed by atoms with van der Waals surface area (Å²) in [5.74, 6) is 0.626. The Hall–Kier alpha value is -2.41. The molecule has 2 rings (SSSR count). The van der Waals surface area contributed by atoms with Crippen LogP contribution in [0, 0.1) is 0 Å². The van der Waals surface area contributed by atoms with Gasteiger partial charge in [-0.15, -0.1) is 0 Å². The summed E-state index contributed by atoms with van der Waals surface area (Å²) in [6, 6.07) is 3.91. The Morgan fingerprint density at radius 3 is 2.61 bits per heavy atom. The maximum atomic E-state index is 11.9. The first-order chi connectivity index (χ1) is 10.8. The lowest BCUT2D eigenvalue weighted by atomic mass is 10.2. The number of aryl methyl sites for hydroxylation is 1. The second-order valence-electron chi connectivity index (χ2n) is 6.23. The van der Waals surface area contributed by atoms with Crippen molar-refractivity contribution in [2.45, 2.75) is 39.5 Å². The van der Waals surface area contributed by atoms with Crippen LogP contribution in [0.3, 0.4) is 0 Å². The van der Waals surface area contributed by atoms with Crippen LogP contribution >= 0.6 is 0 Å². The van der Waals surface area contributed by atoms with Crippen molar-refractivity contribution in [1.29, 1.82) is 0 Å². The molecule has 0 atom stereocenters. The highest BCUT2D eigenvalue weighted by atomic mass is 16.6. The Morgan fingerprint density at radius 1 is 1.26 bits per heavy atom. The second-order valence-corrected chi connectivity index (χ2v) is 6.23. The summed E-state index contributed by atoms with van der Waals surface area (Å²) in [7, 11) is 1.78. The van der Waals surface area contributed by atoms with Crippen molar-refractivity contribution >= 4 is 11.9 Å². The molecule has 2 aromatic rings. The molecule has 0 aromatic carbocycles. The normalized spacial score (nSPS) is 11.3. The molecule has 0 unspecified atom stereocenters. The first-order valence-electron chi connectivity index (χ1n) is 7.45. The Morgan fingerprint density at radius 2 is 1.96 bits per heavy atom. The predicted molar refractivity (Wildman–Crippen MR) is 87.8 cm³/mol. The van der Waals surface area contributed by atoms with E-state index in [1.165, 1.54) is 0 Å². The Labute approximate surface area is 136 Å². The van der Waals surface area contributed by atoms with E-state index in [-0.39, 0.29) is 0 Å². The highest BCUT2D eigenvalue weighted by Crippen LogP contribution is 2.16. The molecule has 0 saturated carbocycles. The number of hydrogen-bond acceptors (Lipinski definition) is 5. The van der Waals surface area contributed by atoms with Crippen molar-refractivity contribution in [2.75, 3.05) is 5.32 Å². The number of hydrogen-bond donors (Lipinski definition) is 2. The van der Waals surface area contributed by atoms with Gasteiger partial charge >= 0.3 is 6.09 Å². The van der Waals surface area contributed by atoms with Gasteiger partial charge in [0.05, 0.1) is 6.20 Å². The van der Waals surface area contributed by atoms with Gasteiger partial charge in [0.1, 0.15) is 11.4 Å². The van der Waals surface area contributed by atoms with E-state index in [9.17, 15) is 4.79 Å². The molecule has 7 nitrogen and oxygen atoms in total. The van der Waals surface area contributed by atoms with Gasteiger partial charge in [0.2, 0.25) is 0 Å². The third-order valence-corrected chi connectivity index (χ3v) is 3.03. The van der Waals surface area contributed by atoms with Gasteiger partial charge in [-0.2, -0.15) is 5.10 Å². The van der Waals surface area contributed by atoms with Crippen LogP contribution in [0.15, 0.2) is 30.7 Å². The quantitative estimate of drug-likeness (QED) is 0.885. The van der Waals surface area contributed by atoms with Gasteiger partial charge in [-0.05, 0) is 38.5 Å². The zero-order chi connectivity index (χ0) is 16.9. The van der Waals surface area contributed by atoms with Gasteiger partial charge in [0, 0.05) is 38.1 Å². The molecule has 0 bridgehead atoms. The lowest BCUT2D eigenvalue weighted by Crippen LogP contribution is -2.28. The maximum Gasteiger partial charge on any atom is 0.413 e. The average Bonchev–Trinajstić information content (AvgIpc) is 2.79. The summed E-state index contributed by atoms with van der Waals surface area (Å²) in [5, 5.41) is 10.3. The highest BCUT2D eigenvalue weighted by Gasteiger charge is 2.18. The summed E-state index contributed by atoms with van der Waals surface area (Å²) in [6.07, 6.45) is 4.76. The number of amides is 1. The summed E-state index contributed by atoms with van der Waals surface area (Å²) >= 11 is 0. The van der Waals surface area contributed by atoms with Crippen molar-refractivity contribution in [1.82, 2.24) is 20.1 Å². The van der Waals surface area contributed by atoms with Crippen LogP contribution in [0.4, 0.5) is 10.6 Å². The Kier molecular flexibility index (Phi) is 5.33. The van der Waals surface area contributed by atoms with E-state index in [0.29, 0.717) is 18.9 Å². The number of aromatic nitrogens is 3. The van der Waals surface area contributed by atoms with Gasteiger partial charge in [0.25, 0.3) is 0 Å². The molecule has 23 heavy (non-hydrogen) atoms. The predicted octanol–water partition coefficient (Wildman–Crippen LogP) is 2.45. The third-order valence-electron chi connectivity index (χ3n) is 3.03. The van der Waals surface area contributed by atoms with Gasteiger partial charge in [-0.3, -0.25) is 15.0 Å². The smallest absolute Gasteiger partial charge is 0.413 e. The molecule has 7 heteroatoms. The van der Waals surface area contributed by atoms with Crippen molar-refractivity contribution in [2.24, 2.45) is 7.05 Å². The molecule has 1 amide bonds. The first kappa shape index (κ1) is 17.0. The van der Waals surface area contributed by atoms with Gasteiger partial charge < -0.3 is 10.1 Å². The molecular formula is C16H23N5O2. The number of carbonyl (C=O) groups is 1. The van der Waals surface area contributed by atoms with Crippen molar-refractivity contribution in [3.8, 4) is 0 Å². The van der Waals surface area contributed by atoms with Crippen molar-refractivity contribution in [3.05, 3.63) is 41.9 Å². The summed E-state index contributed by atoms with van der Waals surface area (Å²) in [5.41, 5.74) is 1.50. The van der Waals surface area contributed by atoms with E-state index < -0.39 is 11.7 Å². The third kappa shape index (κ3) is 5.37. The number of nitrogens with zero attached hydrogens (tertiary/aromatic N) is 3. The number of pyridine rings is 1. The minimum atomic E-state index is -0.539. The molecule has 0 saturated heterocycles. The maximum absolute atomic E-state index is 11.9. The Balaban J connectivity index is 1.94. The fraction of sp³-hybridized carbons (Fsp3) is 0.438. The summed E-state index contributed by atoms with van der Waals surface area (Å²) in [4.78, 5) is 15.9. The first-order valence-corrected chi connectivity index (χ1v) is 7.45. The van der Waals surface area contributed by atoms with Gasteiger partial charge in [0.15, 0.2) is 0 Å². The fourth-order valence-electron chi connectivity index (χ4n) is 2.02. The molecule has 0 radical (unpaired) electrons. The van der Waals surface area contributed by atoms with Crippen LogP contribution in [0.1, 0.15) is 31.9 Å². The number of ether oxygens (including phenoxy) is 1. The van der Waals surface area contributed by atoms with Crippen molar-refractivity contribution in [3.63, 3.8) is 0 Å². The summed E-state index contributed by atoms with van der Waals surface area (Å²) < 4.78 is 6.89. The monoisotopic (exact) mass is 317 g/mol. The largest absolute Gasteiger partial charge is 0.444 e. The lowest BCUT2D eigenvalue weighted by molar-refractivity contribution is 0.0634. The standard InChI is InChI=1S/C16H23N5O2/c1-16(2,3)23-15(22)20-14-13(11-19-21(14)4)10-18-9-12-5-7-17-8-6-12/h5-8,11,18H,9-10H2,1-4H3,(H,20,22). The Bertz CT molecular complexity index is 646. The van der Waals surface area contributed by atoms with E-state index in [2.05, 4.69) is 20.7 Å². The molecule has 2 heterocycles. The second kappa shape index (κ2) is 7.23. The highest BCUT2D eigenvalue weighted by molar-refractivity contribution is 5.84. The molecule has 2 aromatic heterocycles. The molecule has 0 aliphatic heterocycles. The van der Waals surface area contributed by atoms with Crippen LogP contribution in [-0.4, -0.2) is 26.5 Å². The zero-order valence-electron chi connectivity index (χ0n) is 14.0. The van der Waals surface area contributed by atoms with E-state index in [0.717, 1.165) is 11.1 Å². The van der Waals surface area contributed by atoms with Crippen LogP contribution < -0.4 is 10.6 Å². The lowest BCUT2D eigenvalue weighted by Gasteiger charge is -2.20. The van der Waals surface area contributed by atoms with Gasteiger partial charge in [-0.25, -0.2) is 4.79 Å². The molecule has 0 aliphatic rings. The fourth-order valence-corrected chi connectivity index (χ4v) is 2.02. The van der Waals surface area contributed by atoms with Crippen LogP contribution in [0.2, 0.25) is 0 Å². The van der Waals surface area contributed by atoms with Crippen LogP contribution in [0.25, 0.3) is 0 Å². The number of anilines is 1. The molecule has 2 N–H and O–H groups in total. The van der Waals surface area contributed by atoms with Crippen LogP contribution in [-0.2, 0) is 24.9 Å². The van der Waals surface area contributed by atoms with Crippen LogP contribution in [0.5, 0.6) is 0 Å². The molecule has 0 spiro atoms. The van der Waals surface area contributed by atoms with E-state index in [1.807, 2.05) is 32.9 Å². The number of carbonyl (C=O) groups excluding carboxylic acids is 1. The molecule has 0 fully saturated rings. The minimum Gasteiger partial charge on any atom is -0.444 e. The van der Waals surface area contributed by atoms with Gasteiger partial charge in [-0.1, -0.05) is 0 Å². The minimum absolute atomic E-state index is 0.489. The number of rotatable bonds is 5. The molecule has 0 aliphatic carbocycles. The SMILES string of the molecule is Cn1ncc(CNCc2ccncc2)c1NC(=O)OC(C)(C)C. The van der Waals surface area contributed by atoms with E-state index in [1.54, 1.807) is 30.3 Å². The topological polar surface area (TPSA) is 81.1 Å². The number of nitrogens with one attached hydrogen (secondary N) is 2. The van der Waals surface area contributed by atoms with E-state index >= 15 is 0 Å². The average molecular weight is 317 g/mol.